The van der Waals surface area contributed by atoms with Crippen LogP contribution in [0.5, 0.6) is 11.5 Å². The van der Waals surface area contributed by atoms with Crippen LogP contribution < -0.4 is 9.47 Å². The van der Waals surface area contributed by atoms with Crippen LogP contribution in [0.25, 0.3) is 12.2 Å². The van der Waals surface area contributed by atoms with Crippen LogP contribution in [-0.2, 0) is 11.3 Å². The zero-order valence-electron chi connectivity index (χ0n) is 18.8. The number of nitrogens with zero attached hydrogens (tertiary/aromatic N) is 3. The van der Waals surface area contributed by atoms with Gasteiger partial charge in [0.15, 0.2) is 16.7 Å². The van der Waals surface area contributed by atoms with Gasteiger partial charge in [0.2, 0.25) is 0 Å². The molecule has 7 nitrogen and oxygen atoms in total. The molecule has 8 heteroatoms. The molecule has 1 aromatic heterocycles. The van der Waals surface area contributed by atoms with Gasteiger partial charge in [-0.2, -0.15) is 5.10 Å². The maximum absolute atomic E-state index is 13.2. The summed E-state index contributed by atoms with van der Waals surface area (Å²) in [6.45, 7) is 0.260. The number of amidine groups is 1. The second-order valence-corrected chi connectivity index (χ2v) is 8.12. The van der Waals surface area contributed by atoms with E-state index in [9.17, 15) is 4.79 Å². The summed E-state index contributed by atoms with van der Waals surface area (Å²) in [6.07, 6.45) is 8.70. The first-order chi connectivity index (χ1) is 16.7. The second kappa shape index (κ2) is 11.2. The molecule has 1 amide bonds. The third-order valence-electron chi connectivity index (χ3n) is 4.87. The van der Waals surface area contributed by atoms with Gasteiger partial charge in [0.05, 0.1) is 31.9 Å². The van der Waals surface area contributed by atoms with E-state index in [1.165, 1.54) is 11.8 Å². The fourth-order valence-corrected chi connectivity index (χ4v) is 4.15. The zero-order valence-corrected chi connectivity index (χ0v) is 19.6. The van der Waals surface area contributed by atoms with Gasteiger partial charge >= 0.3 is 0 Å². The quantitative estimate of drug-likeness (QED) is 0.246. The lowest BCUT2D eigenvalue weighted by molar-refractivity contribution is -0.122. The van der Waals surface area contributed by atoms with Crippen LogP contribution >= 0.6 is 11.8 Å². The lowest BCUT2D eigenvalue weighted by Gasteiger charge is -2.12. The Morgan fingerprint density at radius 3 is 2.56 bits per heavy atom. The molecular formula is C26H23N3O4S. The van der Waals surface area contributed by atoms with Crippen molar-refractivity contribution in [3.05, 3.63) is 94.8 Å². The Morgan fingerprint density at radius 1 is 1.00 bits per heavy atom. The fourth-order valence-electron chi connectivity index (χ4n) is 3.21. The van der Waals surface area contributed by atoms with Gasteiger partial charge in [-0.3, -0.25) is 9.69 Å². The van der Waals surface area contributed by atoms with Crippen molar-refractivity contribution in [2.24, 2.45) is 10.2 Å². The number of hydrogen-bond donors (Lipinski definition) is 0. The average molecular weight is 474 g/mol. The monoisotopic (exact) mass is 473 g/mol. The molecule has 3 aromatic rings. The minimum atomic E-state index is -0.176. The van der Waals surface area contributed by atoms with Crippen LogP contribution in [0.1, 0.15) is 16.9 Å². The number of ether oxygens (including phenoxy) is 2. The van der Waals surface area contributed by atoms with Crippen LogP contribution in [0.2, 0.25) is 0 Å². The van der Waals surface area contributed by atoms with Gasteiger partial charge in [0.1, 0.15) is 5.76 Å². The standard InChI is InChI=1S/C26H23N3O4S/c1-31-22-13-12-20(16-23(22)32-2)17-24-25(30)29(18-21-11-7-15-33-21)26(34-24)28-27-14-6-10-19-8-4-3-5-9-19/h3-17H,18H2,1-2H3/b10-6+,24-17-,27-14-,28-26+. The molecule has 1 saturated heterocycles. The summed E-state index contributed by atoms with van der Waals surface area (Å²) in [5.41, 5.74) is 1.87. The molecule has 2 aromatic carbocycles. The number of methoxy groups -OCH3 is 2. The lowest BCUT2D eigenvalue weighted by Crippen LogP contribution is -2.28. The Hall–Kier alpha value is -4.04. The molecule has 1 aliphatic heterocycles. The van der Waals surface area contributed by atoms with E-state index >= 15 is 0 Å². The van der Waals surface area contributed by atoms with Gasteiger partial charge < -0.3 is 13.9 Å². The van der Waals surface area contributed by atoms with Crippen molar-refractivity contribution in [2.75, 3.05) is 14.2 Å². The molecule has 34 heavy (non-hydrogen) atoms. The minimum Gasteiger partial charge on any atom is -0.493 e. The fraction of sp³-hybridized carbons (Fsp3) is 0.115. The molecule has 1 fully saturated rings. The van der Waals surface area contributed by atoms with Crippen LogP contribution in [0.4, 0.5) is 0 Å². The first-order valence-corrected chi connectivity index (χ1v) is 11.3. The summed E-state index contributed by atoms with van der Waals surface area (Å²) >= 11 is 1.26. The molecule has 4 rings (SSSR count). The summed E-state index contributed by atoms with van der Waals surface area (Å²) in [4.78, 5) is 15.3. The summed E-state index contributed by atoms with van der Waals surface area (Å²) in [7, 11) is 3.15. The number of benzene rings is 2. The predicted molar refractivity (Wildman–Crippen MR) is 136 cm³/mol. The molecule has 2 heterocycles. The van der Waals surface area contributed by atoms with Gasteiger partial charge in [0.25, 0.3) is 5.91 Å². The molecular weight excluding hydrogens is 450 g/mol. The smallest absolute Gasteiger partial charge is 0.267 e. The maximum Gasteiger partial charge on any atom is 0.267 e. The molecule has 0 radical (unpaired) electrons. The van der Waals surface area contributed by atoms with E-state index in [1.807, 2.05) is 54.6 Å². The third-order valence-corrected chi connectivity index (χ3v) is 5.87. The summed E-state index contributed by atoms with van der Waals surface area (Å²) in [6, 6.07) is 19.0. The highest BCUT2D eigenvalue weighted by Crippen LogP contribution is 2.35. The third kappa shape index (κ3) is 5.65. The van der Waals surface area contributed by atoms with Gasteiger partial charge in [-0.15, -0.1) is 5.10 Å². The number of amides is 1. The van der Waals surface area contributed by atoms with Crippen molar-refractivity contribution >= 4 is 41.2 Å². The average Bonchev–Trinajstić information content (AvgIpc) is 3.48. The number of carbonyl (C=O) groups is 1. The highest BCUT2D eigenvalue weighted by atomic mass is 32.2. The number of hydrogen-bond acceptors (Lipinski definition) is 7. The summed E-state index contributed by atoms with van der Waals surface area (Å²) in [5, 5.41) is 8.91. The summed E-state index contributed by atoms with van der Waals surface area (Å²) in [5.74, 6) is 1.69. The molecule has 1 aliphatic rings. The molecule has 172 valence electrons. The molecule has 0 saturated carbocycles. The van der Waals surface area contributed by atoms with Crippen molar-refractivity contribution in [1.29, 1.82) is 0 Å². The van der Waals surface area contributed by atoms with E-state index in [4.69, 9.17) is 13.9 Å². The molecule has 0 N–H and O–H groups in total. The van der Waals surface area contributed by atoms with Crippen LogP contribution in [0.15, 0.2) is 92.5 Å². The number of furan rings is 1. The van der Waals surface area contributed by atoms with E-state index in [0.29, 0.717) is 27.3 Å². The highest BCUT2D eigenvalue weighted by Gasteiger charge is 2.34. The van der Waals surface area contributed by atoms with Gasteiger partial charge in [-0.1, -0.05) is 42.5 Å². The van der Waals surface area contributed by atoms with Crippen molar-refractivity contribution in [2.45, 2.75) is 6.54 Å². The van der Waals surface area contributed by atoms with Gasteiger partial charge in [0, 0.05) is 6.21 Å². The number of thioether (sulfide) groups is 1. The largest absolute Gasteiger partial charge is 0.493 e. The summed E-state index contributed by atoms with van der Waals surface area (Å²) < 4.78 is 16.1. The Balaban J connectivity index is 1.57. The zero-order chi connectivity index (χ0) is 23.8. The minimum absolute atomic E-state index is 0.176. The number of allylic oxidation sites excluding steroid dienone is 1. The Labute approximate surface area is 202 Å². The molecule has 0 spiro atoms. The topological polar surface area (TPSA) is 76.6 Å². The van der Waals surface area contributed by atoms with E-state index < -0.39 is 0 Å². The Bertz CT molecular complexity index is 1250. The van der Waals surface area contributed by atoms with Crippen molar-refractivity contribution in [1.82, 2.24) is 4.90 Å². The first kappa shape index (κ1) is 23.1. The first-order valence-electron chi connectivity index (χ1n) is 10.5. The predicted octanol–water partition coefficient (Wildman–Crippen LogP) is 5.47. The van der Waals surface area contributed by atoms with E-state index in [1.54, 1.807) is 55.9 Å². The van der Waals surface area contributed by atoms with Gasteiger partial charge in [-0.05, 0) is 59.3 Å². The number of rotatable bonds is 8. The highest BCUT2D eigenvalue weighted by molar-refractivity contribution is 8.18. The Kier molecular flexibility index (Phi) is 7.62. The number of carbonyl (C=O) groups excluding carboxylic acids is 1. The molecule has 0 aliphatic carbocycles. The lowest BCUT2D eigenvalue weighted by atomic mass is 10.2. The normalized spacial score (nSPS) is 16.4. The van der Waals surface area contributed by atoms with Crippen molar-refractivity contribution in [3.63, 3.8) is 0 Å². The van der Waals surface area contributed by atoms with Gasteiger partial charge in [-0.25, -0.2) is 0 Å². The maximum atomic E-state index is 13.2. The van der Waals surface area contributed by atoms with Crippen LogP contribution in [-0.4, -0.2) is 36.4 Å². The SMILES string of the molecule is COc1ccc(/C=C2\S/C(=N/N=C\C=C\c3ccccc3)N(Cc3ccco3)C2=O)cc1OC. The molecule has 0 unspecified atom stereocenters. The van der Waals surface area contributed by atoms with E-state index in [-0.39, 0.29) is 12.5 Å². The molecule has 0 atom stereocenters. The van der Waals surface area contributed by atoms with Crippen LogP contribution in [0, 0.1) is 0 Å². The van der Waals surface area contributed by atoms with Crippen molar-refractivity contribution < 1.29 is 18.7 Å². The Morgan fingerprint density at radius 2 is 1.82 bits per heavy atom. The van der Waals surface area contributed by atoms with E-state index in [2.05, 4.69) is 10.2 Å². The van der Waals surface area contributed by atoms with Crippen LogP contribution in [0.3, 0.4) is 0 Å². The van der Waals surface area contributed by atoms with E-state index in [0.717, 1.165) is 11.1 Å². The second-order valence-electron chi connectivity index (χ2n) is 7.11. The van der Waals surface area contributed by atoms with Crippen molar-refractivity contribution in [3.8, 4) is 11.5 Å². The molecule has 0 bridgehead atoms.